The van der Waals surface area contributed by atoms with Crippen LogP contribution < -0.4 is 10.2 Å². The average Bonchev–Trinajstić information content (AvgIpc) is 3.26. The number of furan rings is 1. The summed E-state index contributed by atoms with van der Waals surface area (Å²) in [5.41, 5.74) is 2.63. The van der Waals surface area contributed by atoms with Crippen LogP contribution in [-0.2, 0) is 14.3 Å². The highest BCUT2D eigenvalue weighted by atomic mass is 16.5. The van der Waals surface area contributed by atoms with Gasteiger partial charge in [0.1, 0.15) is 17.1 Å². The van der Waals surface area contributed by atoms with Gasteiger partial charge in [-0.2, -0.15) is 0 Å². The van der Waals surface area contributed by atoms with E-state index in [1.54, 1.807) is 55.5 Å². The standard InChI is InChI=1S/C25H20N2O6/c1-14-8-10-20(15(2)12-14)27-23(29)19(22(28)26-25(27)31)13-16-9-11-21(33-16)17-6-4-5-7-18(17)24(30)32-3/h4-13H,1-3H3,(H,26,28,31). The minimum atomic E-state index is -0.820. The zero-order valence-electron chi connectivity index (χ0n) is 18.2. The number of esters is 1. The van der Waals surface area contributed by atoms with E-state index in [2.05, 4.69) is 5.32 Å². The molecule has 0 atom stereocenters. The molecule has 1 aliphatic heterocycles. The second kappa shape index (κ2) is 8.58. The van der Waals surface area contributed by atoms with Crippen LogP contribution in [0.1, 0.15) is 27.2 Å². The van der Waals surface area contributed by atoms with Crippen LogP contribution in [0.4, 0.5) is 10.5 Å². The van der Waals surface area contributed by atoms with Gasteiger partial charge < -0.3 is 9.15 Å². The molecule has 0 radical (unpaired) electrons. The predicted octanol–water partition coefficient (Wildman–Crippen LogP) is 4.02. The smallest absolute Gasteiger partial charge is 0.338 e. The van der Waals surface area contributed by atoms with Crippen molar-refractivity contribution in [3.8, 4) is 11.3 Å². The second-order valence-corrected chi connectivity index (χ2v) is 7.49. The Balaban J connectivity index is 1.71. The van der Waals surface area contributed by atoms with Gasteiger partial charge in [0, 0.05) is 5.56 Å². The number of carbonyl (C=O) groups excluding carboxylic acids is 4. The zero-order chi connectivity index (χ0) is 23.7. The number of aryl methyl sites for hydroxylation is 2. The number of rotatable bonds is 4. The number of benzene rings is 2. The lowest BCUT2D eigenvalue weighted by Crippen LogP contribution is -2.54. The maximum absolute atomic E-state index is 13.1. The van der Waals surface area contributed by atoms with Crippen molar-refractivity contribution >= 4 is 35.6 Å². The van der Waals surface area contributed by atoms with Crippen molar-refractivity contribution in [2.75, 3.05) is 12.0 Å². The van der Waals surface area contributed by atoms with E-state index >= 15 is 0 Å². The molecular formula is C25H20N2O6. The summed E-state index contributed by atoms with van der Waals surface area (Å²) >= 11 is 0. The van der Waals surface area contributed by atoms with Gasteiger partial charge in [-0.1, -0.05) is 35.9 Å². The third-order valence-corrected chi connectivity index (χ3v) is 5.21. The Bertz CT molecular complexity index is 1330. The van der Waals surface area contributed by atoms with E-state index in [4.69, 9.17) is 9.15 Å². The van der Waals surface area contributed by atoms with Gasteiger partial charge in [0.25, 0.3) is 11.8 Å². The molecule has 1 aromatic heterocycles. The number of carbonyl (C=O) groups is 4. The molecule has 0 spiro atoms. The fourth-order valence-corrected chi connectivity index (χ4v) is 3.64. The molecule has 1 fully saturated rings. The molecule has 166 valence electrons. The lowest BCUT2D eigenvalue weighted by Gasteiger charge is -2.27. The highest BCUT2D eigenvalue weighted by Gasteiger charge is 2.37. The normalized spacial score (nSPS) is 15.1. The first-order valence-corrected chi connectivity index (χ1v) is 10.1. The van der Waals surface area contributed by atoms with Gasteiger partial charge >= 0.3 is 12.0 Å². The zero-order valence-corrected chi connectivity index (χ0v) is 18.2. The number of nitrogens with one attached hydrogen (secondary N) is 1. The van der Waals surface area contributed by atoms with Crippen molar-refractivity contribution in [2.24, 2.45) is 0 Å². The van der Waals surface area contributed by atoms with Crippen LogP contribution >= 0.6 is 0 Å². The van der Waals surface area contributed by atoms with Crippen LogP contribution in [0.3, 0.4) is 0 Å². The Morgan fingerprint density at radius 3 is 2.52 bits per heavy atom. The van der Waals surface area contributed by atoms with E-state index in [1.165, 1.54) is 13.2 Å². The van der Waals surface area contributed by atoms with Crippen molar-refractivity contribution in [3.63, 3.8) is 0 Å². The van der Waals surface area contributed by atoms with Crippen LogP contribution in [0.2, 0.25) is 0 Å². The van der Waals surface area contributed by atoms with E-state index in [1.807, 2.05) is 13.0 Å². The largest absolute Gasteiger partial charge is 0.465 e. The minimum absolute atomic E-state index is 0.207. The number of hydrogen-bond acceptors (Lipinski definition) is 6. The fourth-order valence-electron chi connectivity index (χ4n) is 3.64. The first kappa shape index (κ1) is 21.8. The summed E-state index contributed by atoms with van der Waals surface area (Å²) < 4.78 is 10.6. The highest BCUT2D eigenvalue weighted by Crippen LogP contribution is 2.29. The average molecular weight is 444 g/mol. The van der Waals surface area contributed by atoms with Crippen molar-refractivity contribution in [1.82, 2.24) is 5.32 Å². The topological polar surface area (TPSA) is 106 Å². The maximum atomic E-state index is 13.1. The Labute approximate surface area is 189 Å². The van der Waals surface area contributed by atoms with Gasteiger partial charge in [0.2, 0.25) is 0 Å². The molecule has 0 saturated carbocycles. The van der Waals surface area contributed by atoms with Crippen molar-refractivity contribution in [2.45, 2.75) is 13.8 Å². The van der Waals surface area contributed by atoms with Gasteiger partial charge in [0.05, 0.1) is 18.4 Å². The lowest BCUT2D eigenvalue weighted by atomic mass is 10.1. The number of imide groups is 2. The van der Waals surface area contributed by atoms with Gasteiger partial charge in [-0.15, -0.1) is 0 Å². The van der Waals surface area contributed by atoms with Gasteiger partial charge in [-0.3, -0.25) is 14.9 Å². The van der Waals surface area contributed by atoms with E-state index in [-0.39, 0.29) is 11.3 Å². The summed E-state index contributed by atoms with van der Waals surface area (Å²) in [5.74, 6) is -1.54. The summed E-state index contributed by atoms with van der Waals surface area (Å²) in [6.07, 6.45) is 1.27. The lowest BCUT2D eigenvalue weighted by molar-refractivity contribution is -0.122. The number of ether oxygens (including phenoxy) is 1. The van der Waals surface area contributed by atoms with Crippen LogP contribution in [0.25, 0.3) is 17.4 Å². The van der Waals surface area contributed by atoms with E-state index in [0.29, 0.717) is 28.1 Å². The summed E-state index contributed by atoms with van der Waals surface area (Å²) in [6, 6.07) is 14.4. The number of amides is 4. The molecule has 2 aromatic carbocycles. The number of urea groups is 1. The molecule has 0 bridgehead atoms. The van der Waals surface area contributed by atoms with Crippen molar-refractivity contribution in [1.29, 1.82) is 0 Å². The van der Waals surface area contributed by atoms with Crippen LogP contribution in [0, 0.1) is 13.8 Å². The number of barbiturate groups is 1. The van der Waals surface area contributed by atoms with Gasteiger partial charge in [0.15, 0.2) is 0 Å². The SMILES string of the molecule is COC(=O)c1ccccc1-c1ccc(C=C2C(=O)NC(=O)N(c3ccc(C)cc3C)C2=O)o1. The molecule has 0 aliphatic carbocycles. The molecule has 3 aromatic rings. The number of methoxy groups -OCH3 is 1. The number of anilines is 1. The van der Waals surface area contributed by atoms with Gasteiger partial charge in [-0.05, 0) is 49.8 Å². The summed E-state index contributed by atoms with van der Waals surface area (Å²) in [4.78, 5) is 51.0. The first-order chi connectivity index (χ1) is 15.8. The number of nitrogens with zero attached hydrogens (tertiary/aromatic N) is 1. The van der Waals surface area contributed by atoms with E-state index < -0.39 is 23.8 Å². The summed E-state index contributed by atoms with van der Waals surface area (Å²) in [7, 11) is 1.28. The molecule has 33 heavy (non-hydrogen) atoms. The first-order valence-electron chi connectivity index (χ1n) is 10.1. The predicted molar refractivity (Wildman–Crippen MR) is 120 cm³/mol. The van der Waals surface area contributed by atoms with Crippen LogP contribution in [-0.4, -0.2) is 30.9 Å². The van der Waals surface area contributed by atoms with E-state index in [0.717, 1.165) is 10.5 Å². The monoisotopic (exact) mass is 444 g/mol. The quantitative estimate of drug-likeness (QED) is 0.370. The van der Waals surface area contributed by atoms with Crippen LogP contribution in [0.5, 0.6) is 0 Å². The van der Waals surface area contributed by atoms with Crippen molar-refractivity contribution < 1.29 is 28.3 Å². The van der Waals surface area contributed by atoms with E-state index in [9.17, 15) is 19.2 Å². The molecule has 4 amide bonds. The van der Waals surface area contributed by atoms with Crippen molar-refractivity contribution in [3.05, 3.63) is 82.6 Å². The Morgan fingerprint density at radius 1 is 1.03 bits per heavy atom. The Kier molecular flexibility index (Phi) is 5.66. The fraction of sp³-hybridized carbons (Fsp3) is 0.120. The molecule has 0 unspecified atom stereocenters. The molecule has 8 nitrogen and oxygen atoms in total. The molecule has 8 heteroatoms. The van der Waals surface area contributed by atoms with Gasteiger partial charge in [-0.25, -0.2) is 14.5 Å². The second-order valence-electron chi connectivity index (χ2n) is 7.49. The Morgan fingerprint density at radius 2 is 1.79 bits per heavy atom. The molecule has 4 rings (SSSR count). The molecule has 1 N–H and O–H groups in total. The molecule has 2 heterocycles. The molecule has 1 saturated heterocycles. The maximum Gasteiger partial charge on any atom is 0.338 e. The molecular weight excluding hydrogens is 424 g/mol. The third-order valence-electron chi connectivity index (χ3n) is 5.21. The number of hydrogen-bond donors (Lipinski definition) is 1. The minimum Gasteiger partial charge on any atom is -0.465 e. The highest BCUT2D eigenvalue weighted by molar-refractivity contribution is 6.39. The van der Waals surface area contributed by atoms with Crippen LogP contribution in [0.15, 0.2) is 64.6 Å². The third kappa shape index (κ3) is 4.06. The summed E-state index contributed by atoms with van der Waals surface area (Å²) in [5, 5.41) is 2.20. The molecule has 1 aliphatic rings. The summed E-state index contributed by atoms with van der Waals surface area (Å²) in [6.45, 7) is 3.68. The Hall–Kier alpha value is -4.46.